The molecule has 8 heteroatoms. The second-order valence-corrected chi connectivity index (χ2v) is 6.58. The Balaban J connectivity index is 1.77. The number of thiazole rings is 1. The quantitative estimate of drug-likeness (QED) is 0.771. The molecule has 0 radical (unpaired) electrons. The van der Waals surface area contributed by atoms with Gasteiger partial charge in [0.05, 0.1) is 21.3 Å². The lowest BCUT2D eigenvalue weighted by Crippen LogP contribution is -2.51. The first-order chi connectivity index (χ1) is 11.0. The lowest BCUT2D eigenvalue weighted by atomic mass is 10.1. The van der Waals surface area contributed by atoms with Gasteiger partial charge in [-0.05, 0) is 25.0 Å². The minimum absolute atomic E-state index is 0.152. The van der Waals surface area contributed by atoms with Crippen LogP contribution in [0.2, 0.25) is 0 Å². The highest BCUT2D eigenvalue weighted by Gasteiger charge is 2.45. The minimum Gasteiger partial charge on any atom is -0.465 e. The van der Waals surface area contributed by atoms with Crippen LogP contribution in [0.25, 0.3) is 10.2 Å². The second-order valence-electron chi connectivity index (χ2n) is 5.46. The number of hydrogen-bond donors (Lipinski definition) is 3. The average molecular weight is 330 g/mol. The van der Waals surface area contributed by atoms with Crippen LogP contribution < -0.4 is 10.6 Å². The molecule has 0 bridgehead atoms. The fourth-order valence-electron chi connectivity index (χ4n) is 2.25. The smallest absolute Gasteiger partial charge is 0.405 e. The van der Waals surface area contributed by atoms with E-state index in [2.05, 4.69) is 21.7 Å². The van der Waals surface area contributed by atoms with Crippen molar-refractivity contribution in [3.05, 3.63) is 29.3 Å². The van der Waals surface area contributed by atoms with E-state index in [1.54, 1.807) is 0 Å². The van der Waals surface area contributed by atoms with Gasteiger partial charge in [-0.2, -0.15) is 5.26 Å². The molecule has 118 valence electrons. The van der Waals surface area contributed by atoms with Crippen LogP contribution in [0.5, 0.6) is 0 Å². The molecule has 2 aromatic rings. The number of aromatic nitrogens is 1. The largest absolute Gasteiger partial charge is 0.465 e. The third kappa shape index (κ3) is 3.40. The highest BCUT2D eigenvalue weighted by atomic mass is 32.1. The van der Waals surface area contributed by atoms with E-state index in [0.29, 0.717) is 17.8 Å². The zero-order chi connectivity index (χ0) is 16.4. The van der Waals surface area contributed by atoms with E-state index in [-0.39, 0.29) is 6.42 Å². The number of nitrogens with one attached hydrogen (secondary N) is 2. The summed E-state index contributed by atoms with van der Waals surface area (Å²) in [6, 6.07) is 8.64. The Labute approximate surface area is 135 Å². The molecule has 1 aliphatic carbocycles. The molecule has 23 heavy (non-hydrogen) atoms. The van der Waals surface area contributed by atoms with Gasteiger partial charge in [0.2, 0.25) is 5.91 Å². The van der Waals surface area contributed by atoms with Crippen molar-refractivity contribution in [1.82, 2.24) is 15.6 Å². The maximum atomic E-state index is 12.3. The second kappa shape index (κ2) is 5.85. The van der Waals surface area contributed by atoms with E-state index in [1.807, 2.05) is 24.3 Å². The molecule has 1 atom stereocenters. The number of carbonyl (C=O) groups excluding carboxylic acids is 1. The van der Waals surface area contributed by atoms with Crippen molar-refractivity contribution in [3.63, 3.8) is 0 Å². The van der Waals surface area contributed by atoms with Crippen molar-refractivity contribution >= 4 is 33.6 Å². The highest BCUT2D eigenvalue weighted by Crippen LogP contribution is 2.34. The van der Waals surface area contributed by atoms with Gasteiger partial charge in [0.25, 0.3) is 0 Å². The Bertz CT molecular complexity index is 773. The number of benzene rings is 1. The maximum absolute atomic E-state index is 12.3. The van der Waals surface area contributed by atoms with Gasteiger partial charge < -0.3 is 15.7 Å². The molecule has 1 saturated carbocycles. The number of carbonyl (C=O) groups is 2. The third-order valence-corrected chi connectivity index (χ3v) is 4.72. The molecule has 1 heterocycles. The zero-order valence-electron chi connectivity index (χ0n) is 12.1. The molecule has 1 aromatic heterocycles. The molecule has 0 unspecified atom stereocenters. The number of fused-ring (bicyclic) bond motifs is 1. The first-order valence-electron chi connectivity index (χ1n) is 7.08. The summed E-state index contributed by atoms with van der Waals surface area (Å²) >= 11 is 1.42. The summed E-state index contributed by atoms with van der Waals surface area (Å²) in [6.07, 6.45) is 0.0544. The zero-order valence-corrected chi connectivity index (χ0v) is 12.9. The molecule has 1 fully saturated rings. The number of carboxylic acid groups (broad SMARTS) is 1. The van der Waals surface area contributed by atoms with E-state index in [9.17, 15) is 9.59 Å². The Morgan fingerprint density at radius 3 is 2.78 bits per heavy atom. The summed E-state index contributed by atoms with van der Waals surface area (Å²) in [5, 5.41) is 23.5. The van der Waals surface area contributed by atoms with Gasteiger partial charge in [0.15, 0.2) is 0 Å². The van der Waals surface area contributed by atoms with Gasteiger partial charge in [-0.15, -0.1) is 11.3 Å². The first-order valence-corrected chi connectivity index (χ1v) is 7.90. The fraction of sp³-hybridized carbons (Fsp3) is 0.333. The molecule has 3 rings (SSSR count). The Morgan fingerprint density at radius 1 is 1.43 bits per heavy atom. The molecule has 1 aliphatic rings. The van der Waals surface area contributed by atoms with Crippen LogP contribution in [0.1, 0.15) is 17.8 Å². The molecule has 0 spiro atoms. The average Bonchev–Trinajstić information content (AvgIpc) is 3.16. The van der Waals surface area contributed by atoms with Gasteiger partial charge >= 0.3 is 6.09 Å². The number of para-hydroxylation sites is 1. The van der Waals surface area contributed by atoms with E-state index in [4.69, 9.17) is 10.4 Å². The van der Waals surface area contributed by atoms with E-state index in [0.717, 1.165) is 10.2 Å². The first kappa shape index (κ1) is 15.2. The summed E-state index contributed by atoms with van der Waals surface area (Å²) < 4.78 is 0.979. The van der Waals surface area contributed by atoms with Crippen LogP contribution in [0, 0.1) is 11.3 Å². The molecule has 0 saturated heterocycles. The molecular formula is C15H14N4O3S. The molecule has 7 nitrogen and oxygen atoms in total. The Hall–Kier alpha value is -2.66. The summed E-state index contributed by atoms with van der Waals surface area (Å²) in [4.78, 5) is 27.7. The Kier molecular flexibility index (Phi) is 3.88. The van der Waals surface area contributed by atoms with Crippen molar-refractivity contribution in [3.8, 4) is 6.07 Å². The lowest BCUT2D eigenvalue weighted by Gasteiger charge is -2.17. The number of rotatable bonds is 5. The minimum atomic E-state index is -1.28. The number of amides is 2. The summed E-state index contributed by atoms with van der Waals surface area (Å²) in [6.45, 7) is 0. The van der Waals surface area contributed by atoms with Crippen LogP contribution in [-0.2, 0) is 11.2 Å². The van der Waals surface area contributed by atoms with Crippen LogP contribution in [0.3, 0.4) is 0 Å². The molecule has 0 aliphatic heterocycles. The molecule has 1 aromatic carbocycles. The molecular weight excluding hydrogens is 316 g/mol. The lowest BCUT2D eigenvalue weighted by molar-refractivity contribution is -0.123. The standard InChI is InChI=1S/C15H14N4O3S/c16-8-15(5-6-15)19-13(20)10(18-14(21)22)7-12-17-9-3-1-2-4-11(9)23-12/h1-4,10,18H,5-7H2,(H,19,20)(H,21,22)/t10-/m0/s1. The molecule has 2 amide bonds. The third-order valence-electron chi connectivity index (χ3n) is 3.66. The van der Waals surface area contributed by atoms with Crippen LogP contribution in [0.4, 0.5) is 4.79 Å². The number of nitriles is 1. The van der Waals surface area contributed by atoms with Gasteiger partial charge in [0, 0.05) is 6.42 Å². The van der Waals surface area contributed by atoms with Crippen molar-refractivity contribution in [1.29, 1.82) is 5.26 Å². The summed E-state index contributed by atoms with van der Waals surface area (Å²) in [5.41, 5.74) is -0.0130. The maximum Gasteiger partial charge on any atom is 0.405 e. The van der Waals surface area contributed by atoms with E-state index in [1.165, 1.54) is 11.3 Å². The normalized spacial score (nSPS) is 16.3. The monoisotopic (exact) mass is 330 g/mol. The van der Waals surface area contributed by atoms with Crippen LogP contribution in [-0.4, -0.2) is 33.7 Å². The molecule has 3 N–H and O–H groups in total. The predicted octanol–water partition coefficient (Wildman–Crippen LogP) is 1.65. The van der Waals surface area contributed by atoms with Crippen LogP contribution >= 0.6 is 11.3 Å². The van der Waals surface area contributed by atoms with Gasteiger partial charge in [-0.3, -0.25) is 4.79 Å². The van der Waals surface area contributed by atoms with Gasteiger partial charge in [0.1, 0.15) is 11.6 Å². The SMILES string of the molecule is N#CC1(NC(=O)[C@H](Cc2nc3ccccc3s2)NC(=O)O)CC1. The van der Waals surface area contributed by atoms with Crippen molar-refractivity contribution in [2.45, 2.75) is 30.8 Å². The highest BCUT2D eigenvalue weighted by molar-refractivity contribution is 7.18. The van der Waals surface area contributed by atoms with Gasteiger partial charge in [-0.25, -0.2) is 9.78 Å². The van der Waals surface area contributed by atoms with Crippen molar-refractivity contribution < 1.29 is 14.7 Å². The summed E-state index contributed by atoms with van der Waals surface area (Å²) in [7, 11) is 0. The topological polar surface area (TPSA) is 115 Å². The predicted molar refractivity (Wildman–Crippen MR) is 84.0 cm³/mol. The number of nitrogens with zero attached hydrogens (tertiary/aromatic N) is 2. The number of hydrogen-bond acceptors (Lipinski definition) is 5. The van der Waals surface area contributed by atoms with Crippen molar-refractivity contribution in [2.75, 3.05) is 0 Å². The van der Waals surface area contributed by atoms with Gasteiger partial charge in [-0.1, -0.05) is 12.1 Å². The fourth-order valence-corrected chi connectivity index (χ4v) is 3.27. The Morgan fingerprint density at radius 2 is 2.17 bits per heavy atom. The van der Waals surface area contributed by atoms with Crippen molar-refractivity contribution in [2.24, 2.45) is 0 Å². The van der Waals surface area contributed by atoms with Crippen LogP contribution in [0.15, 0.2) is 24.3 Å². The summed E-state index contributed by atoms with van der Waals surface area (Å²) in [5.74, 6) is -0.495. The van der Waals surface area contributed by atoms with E-state index < -0.39 is 23.6 Å². The van der Waals surface area contributed by atoms with E-state index >= 15 is 0 Å².